The molecular formula is C16H18ClN3. The van der Waals surface area contributed by atoms with Gasteiger partial charge in [-0.3, -0.25) is 16.3 Å². The maximum Gasteiger partial charge on any atom is 0.0543 e. The van der Waals surface area contributed by atoms with E-state index < -0.39 is 0 Å². The van der Waals surface area contributed by atoms with Gasteiger partial charge in [0.15, 0.2) is 0 Å². The zero-order chi connectivity index (χ0) is 14.1. The Bertz CT molecular complexity index is 627. The number of halogens is 1. The van der Waals surface area contributed by atoms with Gasteiger partial charge in [-0.1, -0.05) is 29.8 Å². The Balaban J connectivity index is 1.97. The van der Waals surface area contributed by atoms with E-state index in [1.165, 1.54) is 11.3 Å². The standard InChI is InChI=1S/C16H18ClN3/c1-10-9-12(5-7-14(10)17)16(20-18)13-6-4-11-3-2-8-19-15(11)13/h2-3,5,7-9,13,16,20H,4,6,18H2,1H3. The predicted octanol–water partition coefficient (Wildman–Crippen LogP) is 3.28. The van der Waals surface area contributed by atoms with Crippen molar-refractivity contribution in [3.63, 3.8) is 0 Å². The first-order valence-electron chi connectivity index (χ1n) is 6.86. The Morgan fingerprint density at radius 1 is 1.40 bits per heavy atom. The molecule has 2 unspecified atom stereocenters. The number of hydrazine groups is 1. The summed E-state index contributed by atoms with van der Waals surface area (Å²) in [6.07, 6.45) is 4.00. The second-order valence-electron chi connectivity index (χ2n) is 5.35. The Labute approximate surface area is 124 Å². The summed E-state index contributed by atoms with van der Waals surface area (Å²) in [4.78, 5) is 4.55. The number of nitrogens with two attached hydrogens (primary N) is 1. The number of nitrogens with one attached hydrogen (secondary N) is 1. The van der Waals surface area contributed by atoms with Crippen molar-refractivity contribution in [3.8, 4) is 0 Å². The second kappa shape index (κ2) is 5.52. The summed E-state index contributed by atoms with van der Waals surface area (Å²) in [6.45, 7) is 2.01. The Morgan fingerprint density at radius 2 is 2.25 bits per heavy atom. The smallest absolute Gasteiger partial charge is 0.0543 e. The highest BCUT2D eigenvalue weighted by Crippen LogP contribution is 2.40. The molecule has 0 saturated carbocycles. The minimum absolute atomic E-state index is 0.0714. The quantitative estimate of drug-likeness (QED) is 0.673. The van der Waals surface area contributed by atoms with E-state index in [4.69, 9.17) is 17.4 Å². The third-order valence-electron chi connectivity index (χ3n) is 4.13. The highest BCUT2D eigenvalue weighted by molar-refractivity contribution is 6.31. The number of nitrogens with zero attached hydrogens (tertiary/aromatic N) is 1. The molecule has 0 fully saturated rings. The molecule has 20 heavy (non-hydrogen) atoms. The van der Waals surface area contributed by atoms with Gasteiger partial charge >= 0.3 is 0 Å². The summed E-state index contributed by atoms with van der Waals surface area (Å²) in [5.74, 6) is 6.14. The average Bonchev–Trinajstić information content (AvgIpc) is 2.88. The van der Waals surface area contributed by atoms with Crippen LogP contribution in [0.3, 0.4) is 0 Å². The molecular weight excluding hydrogens is 270 g/mol. The van der Waals surface area contributed by atoms with Crippen molar-refractivity contribution in [1.29, 1.82) is 0 Å². The normalized spacial score (nSPS) is 18.9. The van der Waals surface area contributed by atoms with Gasteiger partial charge in [0.25, 0.3) is 0 Å². The van der Waals surface area contributed by atoms with Gasteiger partial charge in [-0.2, -0.15) is 0 Å². The van der Waals surface area contributed by atoms with Crippen molar-refractivity contribution in [2.24, 2.45) is 5.84 Å². The molecule has 0 saturated heterocycles. The lowest BCUT2D eigenvalue weighted by atomic mass is 9.90. The van der Waals surface area contributed by atoms with Crippen LogP contribution in [0.5, 0.6) is 0 Å². The highest BCUT2D eigenvalue weighted by Gasteiger charge is 2.31. The third-order valence-corrected chi connectivity index (χ3v) is 4.55. The van der Waals surface area contributed by atoms with Gasteiger partial charge in [-0.25, -0.2) is 0 Å². The van der Waals surface area contributed by atoms with Crippen LogP contribution in [0.15, 0.2) is 36.5 Å². The van der Waals surface area contributed by atoms with Gasteiger partial charge in [0.1, 0.15) is 0 Å². The maximum atomic E-state index is 6.11. The van der Waals surface area contributed by atoms with Crippen LogP contribution in [0.2, 0.25) is 5.02 Å². The number of aromatic nitrogens is 1. The molecule has 0 spiro atoms. The molecule has 1 aliphatic rings. The number of hydrogen-bond donors (Lipinski definition) is 2. The first kappa shape index (κ1) is 13.6. The average molecular weight is 288 g/mol. The molecule has 4 heteroatoms. The van der Waals surface area contributed by atoms with Crippen LogP contribution in [0.25, 0.3) is 0 Å². The van der Waals surface area contributed by atoms with E-state index in [0.29, 0.717) is 5.92 Å². The van der Waals surface area contributed by atoms with E-state index in [2.05, 4.69) is 22.5 Å². The van der Waals surface area contributed by atoms with Gasteiger partial charge < -0.3 is 0 Å². The van der Waals surface area contributed by atoms with Gasteiger partial charge in [-0.05, 0) is 48.6 Å². The highest BCUT2D eigenvalue weighted by atomic mass is 35.5. The Kier molecular flexibility index (Phi) is 3.74. The third kappa shape index (κ3) is 2.33. The van der Waals surface area contributed by atoms with E-state index in [9.17, 15) is 0 Å². The van der Waals surface area contributed by atoms with Crippen LogP contribution in [0.1, 0.15) is 40.8 Å². The minimum Gasteiger partial charge on any atom is -0.271 e. The first-order chi connectivity index (χ1) is 9.70. The van der Waals surface area contributed by atoms with Gasteiger partial charge in [-0.15, -0.1) is 0 Å². The number of fused-ring (bicyclic) bond motifs is 1. The number of aryl methyl sites for hydroxylation is 2. The van der Waals surface area contributed by atoms with Gasteiger partial charge in [0.05, 0.1) is 6.04 Å². The zero-order valence-electron chi connectivity index (χ0n) is 11.4. The topological polar surface area (TPSA) is 50.9 Å². The van der Waals surface area contributed by atoms with E-state index >= 15 is 0 Å². The molecule has 2 atom stereocenters. The molecule has 0 amide bonds. The van der Waals surface area contributed by atoms with Crippen molar-refractivity contribution in [1.82, 2.24) is 10.4 Å². The summed E-state index contributed by atoms with van der Waals surface area (Å²) in [5.41, 5.74) is 7.71. The molecule has 104 valence electrons. The molecule has 2 aromatic rings. The van der Waals surface area contributed by atoms with E-state index in [0.717, 1.165) is 29.0 Å². The van der Waals surface area contributed by atoms with E-state index in [1.807, 2.05) is 31.3 Å². The van der Waals surface area contributed by atoms with Crippen LogP contribution in [0, 0.1) is 6.92 Å². The van der Waals surface area contributed by atoms with Crippen molar-refractivity contribution < 1.29 is 0 Å². The number of benzene rings is 1. The van der Waals surface area contributed by atoms with Gasteiger partial charge in [0, 0.05) is 22.8 Å². The molecule has 0 aliphatic heterocycles. The Hall–Kier alpha value is -1.42. The molecule has 3 rings (SSSR count). The summed E-state index contributed by atoms with van der Waals surface area (Å²) in [5, 5.41) is 0.787. The molecule has 1 aromatic heterocycles. The lowest BCUT2D eigenvalue weighted by Crippen LogP contribution is -2.32. The van der Waals surface area contributed by atoms with Crippen molar-refractivity contribution in [2.75, 3.05) is 0 Å². The number of pyridine rings is 1. The fraction of sp³-hybridized carbons (Fsp3) is 0.312. The fourth-order valence-corrected chi connectivity index (χ4v) is 3.19. The number of hydrogen-bond acceptors (Lipinski definition) is 3. The lowest BCUT2D eigenvalue weighted by Gasteiger charge is -2.24. The fourth-order valence-electron chi connectivity index (χ4n) is 3.07. The van der Waals surface area contributed by atoms with Crippen LogP contribution in [0.4, 0.5) is 0 Å². The summed E-state index contributed by atoms with van der Waals surface area (Å²) in [7, 11) is 0. The van der Waals surface area contributed by atoms with Crippen LogP contribution < -0.4 is 11.3 Å². The van der Waals surface area contributed by atoms with Crippen molar-refractivity contribution >= 4 is 11.6 Å². The van der Waals surface area contributed by atoms with Crippen molar-refractivity contribution in [2.45, 2.75) is 31.7 Å². The van der Waals surface area contributed by atoms with Crippen LogP contribution in [-0.2, 0) is 6.42 Å². The zero-order valence-corrected chi connectivity index (χ0v) is 12.2. The predicted molar refractivity (Wildman–Crippen MR) is 81.6 cm³/mol. The second-order valence-corrected chi connectivity index (χ2v) is 5.75. The maximum absolute atomic E-state index is 6.11. The first-order valence-corrected chi connectivity index (χ1v) is 7.24. The van der Waals surface area contributed by atoms with Crippen LogP contribution in [-0.4, -0.2) is 4.98 Å². The molecule has 1 aromatic carbocycles. The van der Waals surface area contributed by atoms with E-state index in [1.54, 1.807) is 0 Å². The summed E-state index contributed by atoms with van der Waals surface area (Å²) < 4.78 is 0. The van der Waals surface area contributed by atoms with Crippen molar-refractivity contribution in [3.05, 3.63) is 63.9 Å². The summed E-state index contributed by atoms with van der Waals surface area (Å²) in [6, 6.07) is 10.3. The number of rotatable bonds is 3. The molecule has 3 nitrogen and oxygen atoms in total. The SMILES string of the molecule is Cc1cc(C(NN)C2CCc3cccnc32)ccc1Cl. The molecule has 0 bridgehead atoms. The minimum atomic E-state index is 0.0714. The monoisotopic (exact) mass is 287 g/mol. The van der Waals surface area contributed by atoms with Crippen LogP contribution >= 0.6 is 11.6 Å². The molecule has 1 aliphatic carbocycles. The van der Waals surface area contributed by atoms with E-state index in [-0.39, 0.29) is 6.04 Å². The lowest BCUT2D eigenvalue weighted by molar-refractivity contribution is 0.447. The Morgan fingerprint density at radius 3 is 3.00 bits per heavy atom. The summed E-state index contributed by atoms with van der Waals surface area (Å²) >= 11 is 6.11. The van der Waals surface area contributed by atoms with Gasteiger partial charge in [0.2, 0.25) is 0 Å². The largest absolute Gasteiger partial charge is 0.271 e. The molecule has 3 N–H and O–H groups in total. The molecule has 1 heterocycles. The molecule has 0 radical (unpaired) electrons.